The number of nitrogens with one attached hydrogen (secondary N) is 2. The number of pyridine rings is 1. The second kappa shape index (κ2) is 10.7. The molecule has 1 saturated heterocycles. The predicted molar refractivity (Wildman–Crippen MR) is 130 cm³/mol. The van der Waals surface area contributed by atoms with Crippen molar-refractivity contribution < 1.29 is 40.6 Å². The average molecular weight is 581 g/mol. The number of amides is 1. The first-order valence-electron chi connectivity index (χ1n) is 11.9. The second-order valence-electron chi connectivity index (χ2n) is 9.78. The Balaban J connectivity index is 1.27. The number of rotatable bonds is 7. The number of nitrogens with zero attached hydrogens (tertiary/aromatic N) is 4. The van der Waals surface area contributed by atoms with Gasteiger partial charge in [0.15, 0.2) is 11.5 Å². The van der Waals surface area contributed by atoms with Gasteiger partial charge in [0.25, 0.3) is 11.4 Å². The molecule has 0 bridgehead atoms. The monoisotopic (exact) mass is 580 g/mol. The predicted octanol–water partition coefficient (Wildman–Crippen LogP) is 1.21. The Morgan fingerprint density at radius 2 is 2.00 bits per heavy atom. The van der Waals surface area contributed by atoms with Crippen molar-refractivity contribution in [1.82, 2.24) is 19.9 Å². The number of anilines is 2. The van der Waals surface area contributed by atoms with E-state index in [1.807, 2.05) is 4.98 Å². The number of aromatic nitrogens is 3. The summed E-state index contributed by atoms with van der Waals surface area (Å²) in [5, 5.41) is 1.89. The van der Waals surface area contributed by atoms with Gasteiger partial charge in [0.1, 0.15) is 12.2 Å². The largest absolute Gasteiger partial charge is 0.473 e. The van der Waals surface area contributed by atoms with Gasteiger partial charge in [-0.25, -0.2) is 9.97 Å². The maximum absolute atomic E-state index is 13.3. The van der Waals surface area contributed by atoms with E-state index in [2.05, 4.69) is 15.3 Å². The standard InChI is InChI=1S/C22H26F6N6O4Si/c1-20(39,32-13-2-4-29-18(36)16(13)22(26,27)28)11-37-7-3-15(35)33-5-6-34-12(9-33)10-38-19-17(34)30-8-14(31-19)21(23,24)25/h2,4,8,12H,3,5-7,9-11H2,1,39H3,(H2,29,32,36). The highest BCUT2D eigenvalue weighted by Crippen LogP contribution is 2.36. The van der Waals surface area contributed by atoms with Gasteiger partial charge in [0.2, 0.25) is 5.91 Å². The fraction of sp³-hybridized carbons (Fsp3) is 0.545. The molecule has 2 unspecified atom stereocenters. The lowest BCUT2D eigenvalue weighted by atomic mass is 10.1. The van der Waals surface area contributed by atoms with Crippen LogP contribution in [0.2, 0.25) is 0 Å². The molecular formula is C22H26F6N6O4Si. The summed E-state index contributed by atoms with van der Waals surface area (Å²) >= 11 is 0. The summed E-state index contributed by atoms with van der Waals surface area (Å²) in [5.74, 6) is -0.213. The number of carbonyl (C=O) groups is 1. The van der Waals surface area contributed by atoms with Gasteiger partial charge in [-0.05, 0) is 13.0 Å². The molecule has 0 saturated carbocycles. The van der Waals surface area contributed by atoms with E-state index < -0.39 is 34.3 Å². The summed E-state index contributed by atoms with van der Waals surface area (Å²) in [5.41, 5.74) is -4.06. The van der Waals surface area contributed by atoms with Crippen LogP contribution >= 0.6 is 0 Å². The maximum Gasteiger partial charge on any atom is 0.435 e. The van der Waals surface area contributed by atoms with E-state index >= 15 is 0 Å². The molecular weight excluding hydrogens is 554 g/mol. The van der Waals surface area contributed by atoms with E-state index in [0.717, 1.165) is 12.3 Å². The zero-order valence-corrected chi connectivity index (χ0v) is 22.9. The quantitative estimate of drug-likeness (QED) is 0.286. The molecule has 10 nitrogen and oxygen atoms in total. The minimum atomic E-state index is -4.84. The Bertz CT molecular complexity index is 1270. The van der Waals surface area contributed by atoms with Gasteiger partial charge >= 0.3 is 12.4 Å². The summed E-state index contributed by atoms with van der Waals surface area (Å²) < 4.78 is 89.7. The molecule has 2 aliphatic rings. The van der Waals surface area contributed by atoms with Crippen LogP contribution in [0, 0.1) is 0 Å². The van der Waals surface area contributed by atoms with Crippen LogP contribution in [0.15, 0.2) is 23.3 Å². The van der Waals surface area contributed by atoms with Gasteiger partial charge < -0.3 is 29.6 Å². The molecule has 4 heterocycles. The molecule has 0 aromatic carbocycles. The number of halogens is 6. The SMILES string of the molecule is CC([SiH3])(COCCC(=O)N1CCN2c3ncc(C(F)(F)F)nc3OCC2C1)Nc1cc[nH]c(=O)c1C(F)(F)F. The molecule has 2 N–H and O–H groups in total. The van der Waals surface area contributed by atoms with Crippen molar-refractivity contribution in [2.45, 2.75) is 36.9 Å². The fourth-order valence-electron chi connectivity index (χ4n) is 4.38. The maximum atomic E-state index is 13.3. The topological polar surface area (TPSA) is 113 Å². The summed E-state index contributed by atoms with van der Waals surface area (Å²) in [6.45, 7) is 2.63. The van der Waals surface area contributed by atoms with Crippen molar-refractivity contribution in [1.29, 1.82) is 0 Å². The van der Waals surface area contributed by atoms with Gasteiger partial charge in [-0.3, -0.25) is 9.59 Å². The number of ether oxygens (including phenoxy) is 2. The molecule has 39 heavy (non-hydrogen) atoms. The molecule has 2 aliphatic heterocycles. The summed E-state index contributed by atoms with van der Waals surface area (Å²) in [6.07, 6.45) is -7.68. The normalized spacial score (nSPS) is 19.1. The first-order chi connectivity index (χ1) is 18.2. The second-order valence-corrected chi connectivity index (χ2v) is 12.0. The number of H-pyrrole nitrogens is 1. The minimum Gasteiger partial charge on any atom is -0.473 e. The molecule has 1 amide bonds. The number of alkyl halides is 6. The number of aromatic amines is 1. The van der Waals surface area contributed by atoms with Crippen LogP contribution in [0.1, 0.15) is 24.6 Å². The lowest BCUT2D eigenvalue weighted by Gasteiger charge is -2.44. The first kappa shape index (κ1) is 28.7. The summed E-state index contributed by atoms with van der Waals surface area (Å²) in [7, 11) is 0.367. The van der Waals surface area contributed by atoms with Crippen LogP contribution in [-0.4, -0.2) is 86.7 Å². The summed E-state index contributed by atoms with van der Waals surface area (Å²) in [4.78, 5) is 37.3. The highest BCUT2D eigenvalue weighted by molar-refractivity contribution is 6.16. The van der Waals surface area contributed by atoms with E-state index in [1.54, 1.807) is 16.7 Å². The Morgan fingerprint density at radius 1 is 1.26 bits per heavy atom. The lowest BCUT2D eigenvalue weighted by Crippen LogP contribution is -2.59. The highest BCUT2D eigenvalue weighted by Gasteiger charge is 2.40. The molecule has 0 aliphatic carbocycles. The van der Waals surface area contributed by atoms with Crippen molar-refractivity contribution in [3.63, 3.8) is 0 Å². The average Bonchev–Trinajstić information content (AvgIpc) is 2.84. The van der Waals surface area contributed by atoms with Crippen molar-refractivity contribution in [3.8, 4) is 5.88 Å². The first-order valence-corrected chi connectivity index (χ1v) is 12.9. The Kier molecular flexibility index (Phi) is 7.84. The molecule has 0 spiro atoms. The third-order valence-corrected chi connectivity index (χ3v) is 6.71. The van der Waals surface area contributed by atoms with E-state index in [-0.39, 0.29) is 62.1 Å². The van der Waals surface area contributed by atoms with E-state index in [4.69, 9.17) is 9.47 Å². The third-order valence-electron chi connectivity index (χ3n) is 6.17. The Hall–Kier alpha value is -3.34. The summed E-state index contributed by atoms with van der Waals surface area (Å²) in [6, 6.07) is 0.825. The smallest absolute Gasteiger partial charge is 0.435 e. The van der Waals surface area contributed by atoms with Gasteiger partial charge in [0.05, 0.1) is 37.6 Å². The molecule has 214 valence electrons. The number of carbonyl (C=O) groups excluding carboxylic acids is 1. The number of hydrogen-bond donors (Lipinski definition) is 2. The van der Waals surface area contributed by atoms with Crippen LogP contribution < -0.4 is 20.5 Å². The molecule has 17 heteroatoms. The third kappa shape index (κ3) is 6.63. The molecule has 2 aromatic rings. The fourth-order valence-corrected chi connectivity index (χ4v) is 4.86. The van der Waals surface area contributed by atoms with Crippen LogP contribution in [-0.2, 0) is 21.9 Å². The molecule has 2 atom stereocenters. The van der Waals surface area contributed by atoms with E-state index in [1.165, 1.54) is 0 Å². The van der Waals surface area contributed by atoms with Crippen LogP contribution in [0.4, 0.5) is 37.8 Å². The zero-order valence-electron chi connectivity index (χ0n) is 20.9. The molecule has 1 fully saturated rings. The van der Waals surface area contributed by atoms with Crippen molar-refractivity contribution >= 4 is 27.7 Å². The van der Waals surface area contributed by atoms with Crippen LogP contribution in [0.25, 0.3) is 0 Å². The van der Waals surface area contributed by atoms with Crippen LogP contribution in [0.5, 0.6) is 5.88 Å². The lowest BCUT2D eigenvalue weighted by molar-refractivity contribution is -0.142. The van der Waals surface area contributed by atoms with E-state index in [0.29, 0.717) is 29.5 Å². The molecule has 4 rings (SSSR count). The van der Waals surface area contributed by atoms with Crippen molar-refractivity contribution in [3.05, 3.63) is 40.1 Å². The van der Waals surface area contributed by atoms with Gasteiger partial charge in [-0.1, -0.05) is 0 Å². The van der Waals surface area contributed by atoms with Gasteiger partial charge in [-0.2, -0.15) is 26.3 Å². The zero-order chi connectivity index (χ0) is 28.6. The number of piperazine rings is 1. The minimum absolute atomic E-state index is 0.0101. The highest BCUT2D eigenvalue weighted by atomic mass is 28.1. The van der Waals surface area contributed by atoms with Crippen molar-refractivity contribution in [2.24, 2.45) is 0 Å². The number of hydrogen-bond acceptors (Lipinski definition) is 8. The Labute approximate surface area is 221 Å². The van der Waals surface area contributed by atoms with E-state index in [9.17, 15) is 35.9 Å². The molecule has 2 aromatic heterocycles. The van der Waals surface area contributed by atoms with Gasteiger partial charge in [-0.15, -0.1) is 0 Å². The van der Waals surface area contributed by atoms with Crippen molar-refractivity contribution in [2.75, 3.05) is 49.7 Å². The van der Waals surface area contributed by atoms with Gasteiger partial charge in [0, 0.05) is 41.2 Å². The molecule has 0 radical (unpaired) electrons. The Morgan fingerprint density at radius 3 is 2.69 bits per heavy atom. The number of fused-ring (bicyclic) bond motifs is 3. The van der Waals surface area contributed by atoms with Crippen LogP contribution in [0.3, 0.4) is 0 Å².